The minimum absolute atomic E-state index is 0.0682. The fraction of sp³-hybridized carbons (Fsp3) is 0.333. The predicted molar refractivity (Wildman–Crippen MR) is 83.1 cm³/mol. The number of carboxylic acids is 1. The zero-order valence-electron chi connectivity index (χ0n) is 12.2. The average Bonchev–Trinajstić information content (AvgIpc) is 3.07. The monoisotopic (exact) mass is 313 g/mol. The number of carbonyl (C=O) groups is 1. The Morgan fingerprint density at radius 1 is 1.43 bits per heavy atom. The standard InChI is InChI=1S/C15H15N5O3/c16-7-11(8-17)20-19-10-3-4-14(13(6-10)15(21)22)18-9-12-2-1-5-23-12/h3-4,6,12,18-19H,1-2,5,9H2,(H,21,22). The molecule has 1 atom stereocenters. The first-order valence-electron chi connectivity index (χ1n) is 7.00. The van der Waals surface area contributed by atoms with Crippen molar-refractivity contribution >= 4 is 23.1 Å². The normalized spacial score (nSPS) is 16.0. The van der Waals surface area contributed by atoms with Gasteiger partial charge in [0.2, 0.25) is 5.71 Å². The molecule has 0 saturated carbocycles. The third-order valence-electron chi connectivity index (χ3n) is 3.30. The summed E-state index contributed by atoms with van der Waals surface area (Å²) in [6.07, 6.45) is 2.06. The van der Waals surface area contributed by atoms with Gasteiger partial charge in [0.15, 0.2) is 0 Å². The molecule has 0 aromatic heterocycles. The van der Waals surface area contributed by atoms with Crippen molar-refractivity contribution in [3.63, 3.8) is 0 Å². The molecule has 1 aliphatic heterocycles. The third kappa shape index (κ3) is 4.43. The number of anilines is 2. The Labute approximate surface area is 133 Å². The molecule has 23 heavy (non-hydrogen) atoms. The largest absolute Gasteiger partial charge is 0.478 e. The SMILES string of the molecule is N#CC(C#N)=NNc1ccc(NCC2CCCO2)c(C(=O)O)c1. The van der Waals surface area contributed by atoms with Crippen LogP contribution in [0, 0.1) is 22.7 Å². The average molecular weight is 313 g/mol. The number of aromatic carboxylic acids is 1. The summed E-state index contributed by atoms with van der Waals surface area (Å²) in [7, 11) is 0. The van der Waals surface area contributed by atoms with E-state index in [1.807, 2.05) is 0 Å². The Bertz CT molecular complexity index is 680. The second-order valence-corrected chi connectivity index (χ2v) is 4.88. The van der Waals surface area contributed by atoms with E-state index in [0.717, 1.165) is 19.4 Å². The molecule has 1 saturated heterocycles. The number of nitrogens with one attached hydrogen (secondary N) is 2. The molecule has 1 fully saturated rings. The van der Waals surface area contributed by atoms with Gasteiger partial charge in [-0.25, -0.2) is 4.79 Å². The van der Waals surface area contributed by atoms with Crippen LogP contribution in [0.3, 0.4) is 0 Å². The van der Waals surface area contributed by atoms with Crippen molar-refractivity contribution in [3.05, 3.63) is 23.8 Å². The van der Waals surface area contributed by atoms with Gasteiger partial charge in [-0.2, -0.15) is 15.6 Å². The fourth-order valence-corrected chi connectivity index (χ4v) is 2.17. The highest BCUT2D eigenvalue weighted by Gasteiger charge is 2.17. The van der Waals surface area contributed by atoms with Crippen LogP contribution in [-0.2, 0) is 4.74 Å². The lowest BCUT2D eigenvalue weighted by molar-refractivity contribution is 0.0697. The summed E-state index contributed by atoms with van der Waals surface area (Å²) in [4.78, 5) is 11.4. The lowest BCUT2D eigenvalue weighted by Gasteiger charge is -2.14. The van der Waals surface area contributed by atoms with Gasteiger partial charge in [-0.3, -0.25) is 5.43 Å². The van der Waals surface area contributed by atoms with Crippen LogP contribution in [0.2, 0.25) is 0 Å². The van der Waals surface area contributed by atoms with E-state index in [2.05, 4.69) is 15.8 Å². The van der Waals surface area contributed by atoms with Crippen LogP contribution in [0.4, 0.5) is 11.4 Å². The quantitative estimate of drug-likeness (QED) is 0.539. The summed E-state index contributed by atoms with van der Waals surface area (Å²) in [5, 5.41) is 33.2. The van der Waals surface area contributed by atoms with E-state index in [0.29, 0.717) is 17.9 Å². The van der Waals surface area contributed by atoms with Crippen LogP contribution in [0.25, 0.3) is 0 Å². The number of hydrogen-bond donors (Lipinski definition) is 3. The smallest absolute Gasteiger partial charge is 0.337 e. The van der Waals surface area contributed by atoms with Crippen LogP contribution < -0.4 is 10.7 Å². The van der Waals surface area contributed by atoms with E-state index >= 15 is 0 Å². The van der Waals surface area contributed by atoms with Gasteiger partial charge in [-0.15, -0.1) is 0 Å². The van der Waals surface area contributed by atoms with E-state index in [1.54, 1.807) is 24.3 Å². The number of carboxylic acid groups (broad SMARTS) is 1. The van der Waals surface area contributed by atoms with Gasteiger partial charge in [0.1, 0.15) is 12.1 Å². The van der Waals surface area contributed by atoms with Gasteiger partial charge in [-0.05, 0) is 31.0 Å². The maximum Gasteiger partial charge on any atom is 0.337 e. The van der Waals surface area contributed by atoms with Crippen molar-refractivity contribution in [2.24, 2.45) is 5.10 Å². The Balaban J connectivity index is 2.11. The predicted octanol–water partition coefficient (Wildman–Crippen LogP) is 1.79. The van der Waals surface area contributed by atoms with Gasteiger partial charge in [-0.1, -0.05) is 0 Å². The molecule has 2 rings (SSSR count). The Morgan fingerprint density at radius 3 is 2.83 bits per heavy atom. The molecule has 0 aliphatic carbocycles. The molecule has 0 spiro atoms. The van der Waals surface area contributed by atoms with Crippen LogP contribution in [-0.4, -0.2) is 36.0 Å². The summed E-state index contributed by atoms with van der Waals surface area (Å²) < 4.78 is 5.49. The summed E-state index contributed by atoms with van der Waals surface area (Å²) in [5.41, 5.74) is 3.06. The van der Waals surface area contributed by atoms with Crippen LogP contribution in [0.15, 0.2) is 23.3 Å². The number of benzene rings is 1. The van der Waals surface area contributed by atoms with Crippen LogP contribution in [0.5, 0.6) is 0 Å². The van der Waals surface area contributed by atoms with E-state index in [4.69, 9.17) is 15.3 Å². The van der Waals surface area contributed by atoms with E-state index in [9.17, 15) is 9.90 Å². The summed E-state index contributed by atoms with van der Waals surface area (Å²) in [6, 6.07) is 7.81. The maximum atomic E-state index is 11.4. The molecule has 8 heteroatoms. The summed E-state index contributed by atoms with van der Waals surface area (Å²) >= 11 is 0. The van der Waals surface area contributed by atoms with Crippen LogP contribution >= 0.6 is 0 Å². The van der Waals surface area contributed by atoms with Crippen molar-refractivity contribution in [1.29, 1.82) is 10.5 Å². The lowest BCUT2D eigenvalue weighted by atomic mass is 10.1. The number of nitriles is 2. The molecular weight excluding hydrogens is 298 g/mol. The highest BCUT2D eigenvalue weighted by molar-refractivity contribution is 6.10. The number of hydrogen-bond acceptors (Lipinski definition) is 7. The van der Waals surface area contributed by atoms with Crippen molar-refractivity contribution in [2.45, 2.75) is 18.9 Å². The molecular formula is C15H15N5O3. The molecule has 118 valence electrons. The first-order valence-corrected chi connectivity index (χ1v) is 7.00. The summed E-state index contributed by atoms with van der Waals surface area (Å²) in [5.74, 6) is -1.09. The van der Waals surface area contributed by atoms with Crippen LogP contribution in [0.1, 0.15) is 23.2 Å². The van der Waals surface area contributed by atoms with E-state index < -0.39 is 5.97 Å². The molecule has 0 radical (unpaired) electrons. The van der Waals surface area contributed by atoms with E-state index in [-0.39, 0.29) is 17.4 Å². The lowest BCUT2D eigenvalue weighted by Crippen LogP contribution is -2.19. The number of hydrazone groups is 1. The molecule has 1 aromatic carbocycles. The van der Waals surface area contributed by atoms with Crippen molar-refractivity contribution in [2.75, 3.05) is 23.9 Å². The molecule has 0 amide bonds. The topological polar surface area (TPSA) is 131 Å². The first-order chi connectivity index (χ1) is 11.1. The second kappa shape index (κ2) is 7.78. The van der Waals surface area contributed by atoms with Gasteiger partial charge >= 0.3 is 5.97 Å². The van der Waals surface area contributed by atoms with Gasteiger partial charge in [0, 0.05) is 18.8 Å². The van der Waals surface area contributed by atoms with Crippen molar-refractivity contribution in [1.82, 2.24) is 0 Å². The molecule has 1 aliphatic rings. The number of rotatable bonds is 6. The van der Waals surface area contributed by atoms with E-state index in [1.165, 1.54) is 6.07 Å². The highest BCUT2D eigenvalue weighted by atomic mass is 16.5. The third-order valence-corrected chi connectivity index (χ3v) is 3.30. The molecule has 3 N–H and O–H groups in total. The van der Waals surface area contributed by atoms with Gasteiger partial charge in [0.25, 0.3) is 0 Å². The van der Waals surface area contributed by atoms with Crippen molar-refractivity contribution in [3.8, 4) is 12.1 Å². The molecule has 1 unspecified atom stereocenters. The zero-order valence-corrected chi connectivity index (χ0v) is 12.2. The molecule has 8 nitrogen and oxygen atoms in total. The second-order valence-electron chi connectivity index (χ2n) is 4.88. The Kier molecular flexibility index (Phi) is 5.50. The minimum atomic E-state index is -1.09. The Morgan fingerprint density at radius 2 is 2.22 bits per heavy atom. The molecule has 1 heterocycles. The maximum absolute atomic E-state index is 11.4. The molecule has 1 aromatic rings. The van der Waals surface area contributed by atoms with Crippen molar-refractivity contribution < 1.29 is 14.6 Å². The Hall–Kier alpha value is -3.10. The van der Waals surface area contributed by atoms with Gasteiger partial charge < -0.3 is 15.2 Å². The minimum Gasteiger partial charge on any atom is -0.478 e. The fourth-order valence-electron chi connectivity index (χ4n) is 2.17. The number of nitrogens with zero attached hydrogens (tertiary/aromatic N) is 3. The molecule has 0 bridgehead atoms. The summed E-state index contributed by atoms with van der Waals surface area (Å²) in [6.45, 7) is 1.28. The zero-order chi connectivity index (χ0) is 16.7. The van der Waals surface area contributed by atoms with Gasteiger partial charge in [0.05, 0.1) is 17.4 Å². The first kappa shape index (κ1) is 16.3. The number of ether oxygens (including phenoxy) is 1. The highest BCUT2D eigenvalue weighted by Crippen LogP contribution is 2.22.